The Bertz CT molecular complexity index is 213. The van der Waals surface area contributed by atoms with E-state index >= 15 is 0 Å². The molecule has 112 valence electrons. The van der Waals surface area contributed by atoms with Crippen molar-refractivity contribution >= 4 is 0 Å². The van der Waals surface area contributed by atoms with Gasteiger partial charge in [0.25, 0.3) is 0 Å². The summed E-state index contributed by atoms with van der Waals surface area (Å²) in [6.07, 6.45) is 16.2. The van der Waals surface area contributed by atoms with Crippen molar-refractivity contribution in [2.45, 2.75) is 89.6 Å². The zero-order chi connectivity index (χ0) is 13.3. The van der Waals surface area contributed by atoms with Gasteiger partial charge in [-0.05, 0) is 19.4 Å². The van der Waals surface area contributed by atoms with Crippen molar-refractivity contribution in [2.24, 2.45) is 0 Å². The summed E-state index contributed by atoms with van der Waals surface area (Å²) in [6.45, 7) is 6.06. The number of nitrogens with zero attached hydrogens (tertiary/aromatic N) is 1. The SMILES string of the molecule is CCN(C1CCCCCCCCCCC1)C1CNC1. The molecule has 2 rings (SSSR count). The molecule has 1 aliphatic carbocycles. The van der Waals surface area contributed by atoms with Gasteiger partial charge in [0, 0.05) is 25.2 Å². The van der Waals surface area contributed by atoms with Crippen LogP contribution in [-0.4, -0.2) is 36.6 Å². The average Bonchev–Trinajstić information content (AvgIpc) is 2.35. The van der Waals surface area contributed by atoms with Crippen LogP contribution in [0.1, 0.15) is 77.6 Å². The molecule has 0 bridgehead atoms. The molecular weight excluding hydrogens is 232 g/mol. The van der Waals surface area contributed by atoms with Gasteiger partial charge in [-0.3, -0.25) is 4.90 Å². The lowest BCUT2D eigenvalue weighted by atomic mass is 9.95. The molecule has 0 unspecified atom stereocenters. The average molecular weight is 266 g/mol. The van der Waals surface area contributed by atoms with Crippen molar-refractivity contribution in [1.82, 2.24) is 10.2 Å². The van der Waals surface area contributed by atoms with Gasteiger partial charge in [-0.15, -0.1) is 0 Å². The molecule has 1 saturated heterocycles. The van der Waals surface area contributed by atoms with Crippen LogP contribution in [-0.2, 0) is 0 Å². The van der Waals surface area contributed by atoms with Crippen LogP contribution in [0, 0.1) is 0 Å². The van der Waals surface area contributed by atoms with E-state index in [1.165, 1.54) is 90.3 Å². The summed E-state index contributed by atoms with van der Waals surface area (Å²) in [5.74, 6) is 0. The van der Waals surface area contributed by atoms with Crippen LogP contribution in [0.4, 0.5) is 0 Å². The van der Waals surface area contributed by atoms with Crippen molar-refractivity contribution in [1.29, 1.82) is 0 Å². The highest BCUT2D eigenvalue weighted by molar-refractivity contribution is 4.88. The first-order valence-corrected chi connectivity index (χ1v) is 8.88. The first-order valence-electron chi connectivity index (χ1n) is 8.88. The second-order valence-corrected chi connectivity index (χ2v) is 6.56. The van der Waals surface area contributed by atoms with Gasteiger partial charge in [0.15, 0.2) is 0 Å². The van der Waals surface area contributed by atoms with E-state index in [1.807, 2.05) is 0 Å². The van der Waals surface area contributed by atoms with Crippen LogP contribution in [0.15, 0.2) is 0 Å². The van der Waals surface area contributed by atoms with Gasteiger partial charge in [0.05, 0.1) is 0 Å². The zero-order valence-corrected chi connectivity index (χ0v) is 13.0. The monoisotopic (exact) mass is 266 g/mol. The zero-order valence-electron chi connectivity index (χ0n) is 13.0. The molecule has 0 spiro atoms. The predicted molar refractivity (Wildman–Crippen MR) is 83.6 cm³/mol. The molecule has 2 fully saturated rings. The summed E-state index contributed by atoms with van der Waals surface area (Å²) < 4.78 is 0. The van der Waals surface area contributed by atoms with Crippen molar-refractivity contribution in [3.8, 4) is 0 Å². The lowest BCUT2D eigenvalue weighted by Gasteiger charge is -2.43. The number of rotatable bonds is 3. The van der Waals surface area contributed by atoms with E-state index in [9.17, 15) is 0 Å². The van der Waals surface area contributed by atoms with Crippen molar-refractivity contribution in [3.63, 3.8) is 0 Å². The van der Waals surface area contributed by atoms with Gasteiger partial charge in [0.1, 0.15) is 0 Å². The van der Waals surface area contributed by atoms with Crippen molar-refractivity contribution < 1.29 is 0 Å². The third kappa shape index (κ3) is 5.07. The van der Waals surface area contributed by atoms with Gasteiger partial charge in [-0.25, -0.2) is 0 Å². The summed E-state index contributed by atoms with van der Waals surface area (Å²) in [7, 11) is 0. The fourth-order valence-corrected chi connectivity index (χ4v) is 3.80. The maximum atomic E-state index is 3.44. The van der Waals surface area contributed by atoms with Crippen LogP contribution in [0.25, 0.3) is 0 Å². The van der Waals surface area contributed by atoms with E-state index in [1.54, 1.807) is 0 Å². The van der Waals surface area contributed by atoms with Gasteiger partial charge in [-0.1, -0.05) is 64.7 Å². The van der Waals surface area contributed by atoms with Crippen molar-refractivity contribution in [2.75, 3.05) is 19.6 Å². The Morgan fingerprint density at radius 2 is 1.21 bits per heavy atom. The molecule has 1 N–H and O–H groups in total. The van der Waals surface area contributed by atoms with E-state index in [0.29, 0.717) is 0 Å². The van der Waals surface area contributed by atoms with Crippen LogP contribution in [0.3, 0.4) is 0 Å². The molecule has 0 atom stereocenters. The molecule has 1 aliphatic heterocycles. The predicted octanol–water partition coefficient (Wildman–Crippen LogP) is 3.95. The topological polar surface area (TPSA) is 15.3 Å². The molecule has 1 saturated carbocycles. The molecule has 0 aromatic heterocycles. The Balaban J connectivity index is 1.82. The van der Waals surface area contributed by atoms with E-state index in [-0.39, 0.29) is 0 Å². The van der Waals surface area contributed by atoms with E-state index in [0.717, 1.165) is 12.1 Å². The quantitative estimate of drug-likeness (QED) is 0.832. The van der Waals surface area contributed by atoms with E-state index < -0.39 is 0 Å². The molecule has 1 heterocycles. The highest BCUT2D eigenvalue weighted by Gasteiger charge is 2.28. The minimum atomic E-state index is 0.836. The fourth-order valence-electron chi connectivity index (χ4n) is 3.80. The van der Waals surface area contributed by atoms with Gasteiger partial charge in [0.2, 0.25) is 0 Å². The van der Waals surface area contributed by atoms with Gasteiger partial charge >= 0.3 is 0 Å². The molecule has 0 aromatic carbocycles. The van der Waals surface area contributed by atoms with Gasteiger partial charge in [-0.2, -0.15) is 0 Å². The summed E-state index contributed by atoms with van der Waals surface area (Å²) in [6, 6.07) is 1.71. The molecule has 0 amide bonds. The molecule has 2 nitrogen and oxygen atoms in total. The third-order valence-corrected chi connectivity index (χ3v) is 5.14. The Labute approximate surface area is 120 Å². The molecule has 2 heteroatoms. The minimum Gasteiger partial charge on any atom is -0.314 e. The Morgan fingerprint density at radius 1 is 0.737 bits per heavy atom. The standard InChI is InChI=1S/C17H34N2/c1-2-19(17-14-18-15-17)16-12-10-8-6-4-3-5-7-9-11-13-16/h16-18H,2-15H2,1H3. The number of nitrogens with one attached hydrogen (secondary N) is 1. The Hall–Kier alpha value is -0.0800. The van der Waals surface area contributed by atoms with Crippen LogP contribution in [0.2, 0.25) is 0 Å². The summed E-state index contributed by atoms with van der Waals surface area (Å²) in [5.41, 5.74) is 0. The second-order valence-electron chi connectivity index (χ2n) is 6.56. The van der Waals surface area contributed by atoms with Gasteiger partial charge < -0.3 is 5.32 Å². The molecule has 19 heavy (non-hydrogen) atoms. The first kappa shape index (κ1) is 15.3. The lowest BCUT2D eigenvalue weighted by molar-refractivity contribution is 0.0872. The summed E-state index contributed by atoms with van der Waals surface area (Å²) in [5, 5.41) is 3.44. The highest BCUT2D eigenvalue weighted by Crippen LogP contribution is 2.22. The molecular formula is C17H34N2. The largest absolute Gasteiger partial charge is 0.314 e. The highest BCUT2D eigenvalue weighted by atomic mass is 15.2. The molecule has 2 aliphatic rings. The van der Waals surface area contributed by atoms with Crippen LogP contribution < -0.4 is 5.32 Å². The number of likely N-dealkylation sites (N-methyl/N-ethyl adjacent to an activating group) is 1. The first-order chi connectivity index (χ1) is 9.42. The van der Waals surface area contributed by atoms with Crippen LogP contribution >= 0.6 is 0 Å². The normalized spacial score (nSPS) is 25.6. The third-order valence-electron chi connectivity index (χ3n) is 5.14. The van der Waals surface area contributed by atoms with E-state index in [2.05, 4.69) is 17.1 Å². The maximum Gasteiger partial charge on any atom is 0.0348 e. The smallest absolute Gasteiger partial charge is 0.0348 e. The molecule has 0 radical (unpaired) electrons. The summed E-state index contributed by atoms with van der Waals surface area (Å²) in [4.78, 5) is 2.81. The van der Waals surface area contributed by atoms with Crippen LogP contribution in [0.5, 0.6) is 0 Å². The second kappa shape index (κ2) is 8.97. The minimum absolute atomic E-state index is 0.836. The Morgan fingerprint density at radius 3 is 1.58 bits per heavy atom. The van der Waals surface area contributed by atoms with Crippen molar-refractivity contribution in [3.05, 3.63) is 0 Å². The van der Waals surface area contributed by atoms with E-state index in [4.69, 9.17) is 0 Å². The number of hydrogen-bond acceptors (Lipinski definition) is 2. The lowest BCUT2D eigenvalue weighted by Crippen LogP contribution is -2.59. The summed E-state index contributed by atoms with van der Waals surface area (Å²) >= 11 is 0. The molecule has 0 aromatic rings. The Kier molecular flexibility index (Phi) is 7.23. The fraction of sp³-hybridized carbons (Fsp3) is 1.00. The number of hydrogen-bond donors (Lipinski definition) is 1. The maximum absolute atomic E-state index is 3.44.